The van der Waals surface area contributed by atoms with Crippen LogP contribution >= 0.6 is 0 Å². The van der Waals surface area contributed by atoms with Gasteiger partial charge in [0.1, 0.15) is 0 Å². The first-order valence-corrected chi connectivity index (χ1v) is 6.16. The van der Waals surface area contributed by atoms with Crippen molar-refractivity contribution in [2.75, 3.05) is 0 Å². The maximum Gasteiger partial charge on any atom is 0.497 e. The Morgan fingerprint density at radius 1 is 1.32 bits per heavy atom. The number of hydrogen-bond acceptors (Lipinski definition) is 5. The van der Waals surface area contributed by atoms with Gasteiger partial charge in [0.25, 0.3) is 0 Å². The average Bonchev–Trinajstić information content (AvgIpc) is 2.57. The summed E-state index contributed by atoms with van der Waals surface area (Å²) in [4.78, 5) is 4.08. The van der Waals surface area contributed by atoms with Gasteiger partial charge in [0.05, 0.1) is 35.1 Å². The van der Waals surface area contributed by atoms with Crippen LogP contribution in [0.3, 0.4) is 0 Å². The molecule has 0 amide bonds. The van der Waals surface area contributed by atoms with E-state index >= 15 is 0 Å². The van der Waals surface area contributed by atoms with Crippen LogP contribution in [-0.2, 0) is 15.9 Å². The second-order valence-electron chi connectivity index (χ2n) is 5.62. The van der Waals surface area contributed by atoms with E-state index in [1.165, 1.54) is 6.20 Å². The van der Waals surface area contributed by atoms with Gasteiger partial charge in [0.15, 0.2) is 0 Å². The van der Waals surface area contributed by atoms with E-state index in [0.29, 0.717) is 16.7 Å². The van der Waals surface area contributed by atoms with Gasteiger partial charge in [-0.2, -0.15) is 5.26 Å². The standard InChI is InChI=1S/C13H17BN2O3/c1-12(2)13(3,4)19-14(18-12)11-7-16-10(8-17)5-9(11)6-15/h5,7,17H,8H2,1-4H3. The van der Waals surface area contributed by atoms with E-state index in [2.05, 4.69) is 11.1 Å². The molecule has 2 heterocycles. The number of nitriles is 1. The van der Waals surface area contributed by atoms with E-state index < -0.39 is 18.3 Å². The summed E-state index contributed by atoms with van der Waals surface area (Å²) >= 11 is 0. The van der Waals surface area contributed by atoms with Gasteiger partial charge in [-0.1, -0.05) is 0 Å². The Balaban J connectivity index is 2.37. The number of nitrogens with zero attached hydrogens (tertiary/aromatic N) is 2. The third kappa shape index (κ3) is 2.37. The van der Waals surface area contributed by atoms with Crippen molar-refractivity contribution in [1.82, 2.24) is 4.98 Å². The Bertz CT molecular complexity index is 521. The van der Waals surface area contributed by atoms with Crippen LogP contribution in [0.2, 0.25) is 0 Å². The van der Waals surface area contributed by atoms with Crippen molar-refractivity contribution in [3.63, 3.8) is 0 Å². The molecule has 1 aliphatic heterocycles. The Morgan fingerprint density at radius 2 is 1.89 bits per heavy atom. The van der Waals surface area contributed by atoms with Crippen molar-refractivity contribution < 1.29 is 14.4 Å². The summed E-state index contributed by atoms with van der Waals surface area (Å²) in [5.74, 6) is 0. The highest BCUT2D eigenvalue weighted by molar-refractivity contribution is 6.62. The van der Waals surface area contributed by atoms with Gasteiger partial charge in [-0.05, 0) is 33.8 Å². The summed E-state index contributed by atoms with van der Waals surface area (Å²) in [5.41, 5.74) is 0.549. The average molecular weight is 260 g/mol. The van der Waals surface area contributed by atoms with E-state index in [1.54, 1.807) is 6.07 Å². The van der Waals surface area contributed by atoms with Crippen LogP contribution in [0.1, 0.15) is 39.0 Å². The fourth-order valence-corrected chi connectivity index (χ4v) is 1.85. The maximum absolute atomic E-state index is 9.19. The number of hydrogen-bond donors (Lipinski definition) is 1. The number of aromatic nitrogens is 1. The monoisotopic (exact) mass is 260 g/mol. The van der Waals surface area contributed by atoms with E-state index in [9.17, 15) is 5.26 Å². The molecular formula is C13H17BN2O3. The molecule has 1 N–H and O–H groups in total. The highest BCUT2D eigenvalue weighted by Gasteiger charge is 2.52. The molecule has 0 radical (unpaired) electrons. The molecule has 1 aromatic rings. The molecule has 0 spiro atoms. The Labute approximate surface area is 113 Å². The third-order valence-electron chi connectivity index (χ3n) is 3.78. The molecule has 0 aromatic carbocycles. The van der Waals surface area contributed by atoms with Crippen LogP contribution in [0.4, 0.5) is 0 Å². The number of rotatable bonds is 2. The maximum atomic E-state index is 9.19. The molecule has 0 unspecified atom stereocenters. The molecule has 1 aliphatic rings. The van der Waals surface area contributed by atoms with Crippen molar-refractivity contribution in [3.05, 3.63) is 23.5 Å². The number of aliphatic hydroxyl groups excluding tert-OH is 1. The molecule has 0 bridgehead atoms. The van der Waals surface area contributed by atoms with Gasteiger partial charge >= 0.3 is 7.12 Å². The first-order valence-electron chi connectivity index (χ1n) is 6.16. The molecule has 5 nitrogen and oxygen atoms in total. The second kappa shape index (κ2) is 4.60. The van der Waals surface area contributed by atoms with Gasteiger partial charge in [-0.15, -0.1) is 0 Å². The van der Waals surface area contributed by atoms with Crippen LogP contribution in [0, 0.1) is 11.3 Å². The lowest BCUT2D eigenvalue weighted by molar-refractivity contribution is 0.00578. The molecule has 1 fully saturated rings. The molecular weight excluding hydrogens is 243 g/mol. The highest BCUT2D eigenvalue weighted by atomic mass is 16.7. The molecule has 0 saturated carbocycles. The van der Waals surface area contributed by atoms with Crippen LogP contribution < -0.4 is 5.46 Å². The molecule has 0 aliphatic carbocycles. The van der Waals surface area contributed by atoms with Crippen LogP contribution in [0.15, 0.2) is 12.3 Å². The zero-order chi connectivity index (χ0) is 14.3. The summed E-state index contributed by atoms with van der Waals surface area (Å²) in [6.07, 6.45) is 1.53. The minimum atomic E-state index is -0.611. The molecule has 2 rings (SSSR count). The minimum Gasteiger partial charge on any atom is -0.399 e. The van der Waals surface area contributed by atoms with Gasteiger partial charge < -0.3 is 14.4 Å². The van der Waals surface area contributed by atoms with Gasteiger partial charge in [0.2, 0.25) is 0 Å². The Kier molecular flexibility index (Phi) is 3.39. The van der Waals surface area contributed by atoms with Crippen LogP contribution in [0.5, 0.6) is 0 Å². The summed E-state index contributed by atoms with van der Waals surface area (Å²) in [6, 6.07) is 3.65. The predicted octanol–water partition coefficient (Wildman–Crippen LogP) is 0.745. The molecule has 6 heteroatoms. The lowest BCUT2D eigenvalue weighted by atomic mass is 9.77. The zero-order valence-corrected chi connectivity index (χ0v) is 11.6. The lowest BCUT2D eigenvalue weighted by Gasteiger charge is -2.32. The van der Waals surface area contributed by atoms with Crippen molar-refractivity contribution in [2.45, 2.75) is 45.5 Å². The van der Waals surface area contributed by atoms with E-state index in [4.69, 9.17) is 14.4 Å². The Hall–Kier alpha value is -1.42. The topological polar surface area (TPSA) is 75.4 Å². The van der Waals surface area contributed by atoms with E-state index in [0.717, 1.165) is 0 Å². The lowest BCUT2D eigenvalue weighted by Crippen LogP contribution is -2.41. The number of aliphatic hydroxyl groups is 1. The fourth-order valence-electron chi connectivity index (χ4n) is 1.85. The van der Waals surface area contributed by atoms with Gasteiger partial charge in [0, 0.05) is 11.7 Å². The Morgan fingerprint density at radius 3 is 2.37 bits per heavy atom. The highest BCUT2D eigenvalue weighted by Crippen LogP contribution is 2.36. The van der Waals surface area contributed by atoms with Gasteiger partial charge in [-0.3, -0.25) is 4.98 Å². The largest absolute Gasteiger partial charge is 0.497 e. The molecule has 1 saturated heterocycles. The summed E-state index contributed by atoms with van der Waals surface area (Å²) in [7, 11) is -0.611. The van der Waals surface area contributed by atoms with Crippen molar-refractivity contribution >= 4 is 12.6 Å². The van der Waals surface area contributed by atoms with Crippen LogP contribution in [0.25, 0.3) is 0 Å². The summed E-state index contributed by atoms with van der Waals surface area (Å²) < 4.78 is 11.8. The summed E-state index contributed by atoms with van der Waals surface area (Å²) in [5, 5.41) is 18.2. The van der Waals surface area contributed by atoms with Gasteiger partial charge in [-0.25, -0.2) is 0 Å². The first-order chi connectivity index (χ1) is 8.80. The normalized spacial score (nSPS) is 20.3. The van der Waals surface area contributed by atoms with Crippen LogP contribution in [-0.4, -0.2) is 28.4 Å². The quantitative estimate of drug-likeness (QED) is 0.794. The van der Waals surface area contributed by atoms with Crippen molar-refractivity contribution in [2.24, 2.45) is 0 Å². The van der Waals surface area contributed by atoms with Crippen molar-refractivity contribution in [3.8, 4) is 6.07 Å². The third-order valence-corrected chi connectivity index (χ3v) is 3.78. The first kappa shape index (κ1) is 14.0. The molecule has 1 aromatic heterocycles. The van der Waals surface area contributed by atoms with E-state index in [1.807, 2.05) is 27.7 Å². The zero-order valence-electron chi connectivity index (χ0n) is 11.6. The van der Waals surface area contributed by atoms with Crippen molar-refractivity contribution in [1.29, 1.82) is 5.26 Å². The molecule has 0 atom stereocenters. The fraction of sp³-hybridized carbons (Fsp3) is 0.538. The van der Waals surface area contributed by atoms with E-state index in [-0.39, 0.29) is 6.61 Å². The molecule has 19 heavy (non-hydrogen) atoms. The smallest absolute Gasteiger partial charge is 0.399 e. The molecule has 100 valence electrons. The SMILES string of the molecule is CC1(C)OB(c2cnc(CO)cc2C#N)OC1(C)C. The minimum absolute atomic E-state index is 0.196. The number of pyridine rings is 1. The predicted molar refractivity (Wildman–Crippen MR) is 70.6 cm³/mol. The second-order valence-corrected chi connectivity index (χ2v) is 5.62. The summed E-state index contributed by atoms with van der Waals surface area (Å²) in [6.45, 7) is 7.62.